The van der Waals surface area contributed by atoms with E-state index in [1.54, 1.807) is 14.2 Å². The number of ether oxygens (including phenoxy) is 3. The maximum absolute atomic E-state index is 6.18. The Morgan fingerprint density at radius 1 is 0.867 bits per heavy atom. The van der Waals surface area contributed by atoms with Gasteiger partial charge in [0.05, 0.1) is 19.8 Å². The Morgan fingerprint density at radius 2 is 1.57 bits per heavy atom. The first-order valence-electron chi connectivity index (χ1n) is 10.4. The van der Waals surface area contributed by atoms with Crippen molar-refractivity contribution in [2.75, 3.05) is 27.3 Å². The Bertz CT molecular complexity index is 971. The van der Waals surface area contributed by atoms with Crippen molar-refractivity contribution in [1.82, 2.24) is 4.90 Å². The first-order valence-corrected chi connectivity index (χ1v) is 10.4. The topological polar surface area (TPSA) is 30.9 Å². The fourth-order valence-corrected chi connectivity index (χ4v) is 3.89. The molecule has 0 amide bonds. The van der Waals surface area contributed by atoms with Gasteiger partial charge in [-0.05, 0) is 48.7 Å². The summed E-state index contributed by atoms with van der Waals surface area (Å²) in [5.74, 6) is 2.37. The molecule has 30 heavy (non-hydrogen) atoms. The van der Waals surface area contributed by atoms with Gasteiger partial charge in [-0.3, -0.25) is 4.90 Å². The fraction of sp³-hybridized carbons (Fsp3) is 0.308. The number of likely N-dealkylation sites (tertiary alicyclic amines) is 1. The Labute approximate surface area is 179 Å². The van der Waals surface area contributed by atoms with Crippen LogP contribution in [0.4, 0.5) is 0 Å². The van der Waals surface area contributed by atoms with Crippen LogP contribution in [0.3, 0.4) is 0 Å². The lowest BCUT2D eigenvalue weighted by molar-refractivity contribution is 0.168. The van der Waals surface area contributed by atoms with E-state index in [1.165, 1.54) is 28.7 Å². The third-order valence-corrected chi connectivity index (χ3v) is 5.84. The first kappa shape index (κ1) is 20.3. The SMILES string of the molecule is COc1cc(OCc2cccc(-c3ccccc3)c2C)cc(OC)c1CN1CCC1. The average molecular weight is 404 g/mol. The van der Waals surface area contributed by atoms with E-state index >= 15 is 0 Å². The molecule has 1 aliphatic heterocycles. The van der Waals surface area contributed by atoms with Crippen molar-refractivity contribution < 1.29 is 14.2 Å². The van der Waals surface area contributed by atoms with E-state index in [1.807, 2.05) is 18.2 Å². The number of hydrogen-bond acceptors (Lipinski definition) is 4. The first-order chi connectivity index (χ1) is 14.7. The Kier molecular flexibility index (Phi) is 6.24. The molecular formula is C26H29NO3. The molecular weight excluding hydrogens is 374 g/mol. The summed E-state index contributed by atoms with van der Waals surface area (Å²) >= 11 is 0. The average Bonchev–Trinajstić information content (AvgIpc) is 2.76. The maximum Gasteiger partial charge on any atom is 0.130 e. The number of benzene rings is 3. The van der Waals surface area contributed by atoms with E-state index in [4.69, 9.17) is 14.2 Å². The van der Waals surface area contributed by atoms with Crippen LogP contribution in [0.15, 0.2) is 60.7 Å². The minimum absolute atomic E-state index is 0.490. The second-order valence-electron chi connectivity index (χ2n) is 7.68. The Morgan fingerprint density at radius 3 is 2.17 bits per heavy atom. The van der Waals surface area contributed by atoms with Crippen molar-refractivity contribution in [3.05, 3.63) is 77.4 Å². The van der Waals surface area contributed by atoms with E-state index < -0.39 is 0 Å². The van der Waals surface area contributed by atoms with Crippen LogP contribution in [0.2, 0.25) is 0 Å². The molecule has 1 heterocycles. The summed E-state index contributed by atoms with van der Waals surface area (Å²) in [6.45, 7) is 5.73. The summed E-state index contributed by atoms with van der Waals surface area (Å²) in [6, 6.07) is 20.8. The van der Waals surface area contributed by atoms with Gasteiger partial charge in [0, 0.05) is 18.7 Å². The molecule has 0 N–H and O–H groups in total. The summed E-state index contributed by atoms with van der Waals surface area (Å²) < 4.78 is 17.5. The van der Waals surface area contributed by atoms with Crippen molar-refractivity contribution in [3.8, 4) is 28.4 Å². The van der Waals surface area contributed by atoms with Gasteiger partial charge in [-0.25, -0.2) is 0 Å². The van der Waals surface area contributed by atoms with Gasteiger partial charge in [0.1, 0.15) is 23.9 Å². The highest BCUT2D eigenvalue weighted by Gasteiger charge is 2.20. The van der Waals surface area contributed by atoms with Crippen LogP contribution in [-0.4, -0.2) is 32.2 Å². The molecule has 3 aromatic rings. The van der Waals surface area contributed by atoms with Crippen molar-refractivity contribution in [1.29, 1.82) is 0 Å². The number of hydrogen-bond donors (Lipinski definition) is 0. The van der Waals surface area contributed by atoms with Crippen LogP contribution < -0.4 is 14.2 Å². The largest absolute Gasteiger partial charge is 0.496 e. The zero-order chi connectivity index (χ0) is 20.9. The lowest BCUT2D eigenvalue weighted by Gasteiger charge is -2.31. The van der Waals surface area contributed by atoms with Gasteiger partial charge in [0.25, 0.3) is 0 Å². The Balaban J connectivity index is 1.55. The molecule has 4 nitrogen and oxygen atoms in total. The molecule has 1 aliphatic rings. The smallest absolute Gasteiger partial charge is 0.130 e. The molecule has 4 heteroatoms. The molecule has 0 saturated carbocycles. The Hall–Kier alpha value is -2.98. The highest BCUT2D eigenvalue weighted by molar-refractivity contribution is 5.68. The van der Waals surface area contributed by atoms with Gasteiger partial charge in [0.15, 0.2) is 0 Å². The third kappa shape index (κ3) is 4.29. The predicted octanol–water partition coefficient (Wildman–Crippen LogP) is 5.46. The summed E-state index contributed by atoms with van der Waals surface area (Å²) in [6.07, 6.45) is 1.26. The van der Waals surface area contributed by atoms with Crippen LogP contribution in [0.5, 0.6) is 17.2 Å². The molecule has 1 saturated heterocycles. The van der Waals surface area contributed by atoms with Gasteiger partial charge >= 0.3 is 0 Å². The van der Waals surface area contributed by atoms with E-state index in [0.29, 0.717) is 6.61 Å². The quantitative estimate of drug-likeness (QED) is 0.499. The van der Waals surface area contributed by atoms with E-state index in [9.17, 15) is 0 Å². The molecule has 0 radical (unpaired) electrons. The van der Waals surface area contributed by atoms with Gasteiger partial charge in [0.2, 0.25) is 0 Å². The van der Waals surface area contributed by atoms with Gasteiger partial charge < -0.3 is 14.2 Å². The van der Waals surface area contributed by atoms with Crippen LogP contribution >= 0.6 is 0 Å². The molecule has 0 bridgehead atoms. The summed E-state index contributed by atoms with van der Waals surface area (Å²) in [5.41, 5.74) is 5.93. The molecule has 3 aromatic carbocycles. The van der Waals surface area contributed by atoms with Crippen LogP contribution in [0, 0.1) is 6.92 Å². The maximum atomic E-state index is 6.18. The highest BCUT2D eigenvalue weighted by Crippen LogP contribution is 2.36. The van der Waals surface area contributed by atoms with E-state index in [-0.39, 0.29) is 0 Å². The number of rotatable bonds is 8. The minimum Gasteiger partial charge on any atom is -0.496 e. The minimum atomic E-state index is 0.490. The van der Waals surface area contributed by atoms with E-state index in [2.05, 4.69) is 54.3 Å². The van der Waals surface area contributed by atoms with Crippen molar-refractivity contribution in [2.24, 2.45) is 0 Å². The molecule has 4 rings (SSSR count). The third-order valence-electron chi connectivity index (χ3n) is 5.84. The molecule has 0 spiro atoms. The van der Waals surface area contributed by atoms with Crippen molar-refractivity contribution >= 4 is 0 Å². The zero-order valence-electron chi connectivity index (χ0n) is 18.0. The molecule has 0 atom stereocenters. The second kappa shape index (κ2) is 9.23. The van der Waals surface area contributed by atoms with Crippen LogP contribution in [-0.2, 0) is 13.2 Å². The standard InChI is InChI=1S/C26H29NO3/c1-19-21(11-7-12-23(19)20-9-5-4-6-10-20)18-30-22-15-25(28-2)24(26(16-22)29-3)17-27-13-8-14-27/h4-7,9-12,15-16H,8,13-14,17-18H2,1-3H3. The summed E-state index contributed by atoms with van der Waals surface area (Å²) in [7, 11) is 3.40. The van der Waals surface area contributed by atoms with Crippen molar-refractivity contribution in [3.63, 3.8) is 0 Å². The van der Waals surface area contributed by atoms with E-state index in [0.717, 1.165) is 42.4 Å². The van der Waals surface area contributed by atoms with Gasteiger partial charge in [-0.2, -0.15) is 0 Å². The van der Waals surface area contributed by atoms with Crippen molar-refractivity contribution in [2.45, 2.75) is 26.5 Å². The lowest BCUT2D eigenvalue weighted by atomic mass is 9.97. The van der Waals surface area contributed by atoms with Crippen LogP contribution in [0.1, 0.15) is 23.1 Å². The predicted molar refractivity (Wildman–Crippen MR) is 120 cm³/mol. The number of methoxy groups -OCH3 is 2. The zero-order valence-corrected chi connectivity index (χ0v) is 18.0. The van der Waals surface area contributed by atoms with Gasteiger partial charge in [-0.15, -0.1) is 0 Å². The summed E-state index contributed by atoms with van der Waals surface area (Å²) in [4.78, 5) is 2.39. The summed E-state index contributed by atoms with van der Waals surface area (Å²) in [5, 5.41) is 0. The van der Waals surface area contributed by atoms with Gasteiger partial charge in [-0.1, -0.05) is 48.5 Å². The normalized spacial score (nSPS) is 13.6. The monoisotopic (exact) mass is 403 g/mol. The molecule has 156 valence electrons. The molecule has 0 unspecified atom stereocenters. The van der Waals surface area contributed by atoms with Crippen LogP contribution in [0.25, 0.3) is 11.1 Å². The second-order valence-corrected chi connectivity index (χ2v) is 7.68. The molecule has 0 aliphatic carbocycles. The fourth-order valence-electron chi connectivity index (χ4n) is 3.89. The highest BCUT2D eigenvalue weighted by atomic mass is 16.5. The number of nitrogens with zero attached hydrogens (tertiary/aromatic N) is 1. The molecule has 0 aromatic heterocycles. The molecule has 1 fully saturated rings. The lowest BCUT2D eigenvalue weighted by Crippen LogP contribution is -2.36.